The Kier molecular flexibility index (Phi) is 5.11. The van der Waals surface area contributed by atoms with E-state index in [9.17, 15) is 9.59 Å². The molecule has 0 fully saturated rings. The summed E-state index contributed by atoms with van der Waals surface area (Å²) in [4.78, 5) is 23.7. The van der Waals surface area contributed by atoms with Crippen LogP contribution in [0.25, 0.3) is 0 Å². The quantitative estimate of drug-likeness (QED) is 0.712. The van der Waals surface area contributed by atoms with Gasteiger partial charge in [-0.1, -0.05) is 6.07 Å². The number of carbonyl (C=O) groups excluding carboxylic acids is 2. The average molecular weight is 256 g/mol. The maximum atomic E-state index is 11.6. The van der Waals surface area contributed by atoms with Crippen LogP contribution in [0.3, 0.4) is 0 Å². The molecule has 1 aromatic heterocycles. The van der Waals surface area contributed by atoms with Crippen molar-refractivity contribution in [3.8, 4) is 0 Å². The number of carbonyl (C=O) groups is 2. The van der Waals surface area contributed by atoms with Crippen LogP contribution in [-0.4, -0.2) is 35.6 Å². The Balaban J connectivity index is 2.41. The highest BCUT2D eigenvalue weighted by Crippen LogP contribution is 2.07. The van der Waals surface area contributed by atoms with Gasteiger partial charge in [0.05, 0.1) is 11.0 Å². The molecule has 0 radical (unpaired) electrons. The summed E-state index contributed by atoms with van der Waals surface area (Å²) in [6, 6.07) is 2.85. The number of amides is 2. The number of hydrogen-bond donors (Lipinski definition) is 3. The van der Waals surface area contributed by atoms with Crippen LogP contribution in [0, 0.1) is 0 Å². The molecule has 0 aromatic carbocycles. The minimum absolute atomic E-state index is 0.179. The van der Waals surface area contributed by atoms with Gasteiger partial charge in [-0.05, 0) is 25.3 Å². The van der Waals surface area contributed by atoms with Gasteiger partial charge in [-0.15, -0.1) is 11.3 Å². The van der Waals surface area contributed by atoms with Crippen LogP contribution in [0.2, 0.25) is 0 Å². The normalized spacial score (nSPS) is 13.8. The highest BCUT2D eigenvalue weighted by molar-refractivity contribution is 7.12. The molecule has 0 spiro atoms. The van der Waals surface area contributed by atoms with Gasteiger partial charge in [0.1, 0.15) is 6.04 Å². The van der Waals surface area contributed by atoms with Crippen molar-refractivity contribution in [2.75, 3.05) is 6.54 Å². The molecule has 3 N–H and O–H groups in total. The second-order valence-electron chi connectivity index (χ2n) is 3.77. The standard InChI is InChI=1S/C11H16N2O3S/c1-7(14)6-12-10(15)8(2)13-11(16)9-4-3-5-17-9/h3-5,7-8,14H,6H2,1-2H3,(H,12,15)(H,13,16)/t7-,8?/m0/s1. The van der Waals surface area contributed by atoms with Crippen LogP contribution < -0.4 is 10.6 Å². The van der Waals surface area contributed by atoms with Crippen molar-refractivity contribution in [1.29, 1.82) is 0 Å². The average Bonchev–Trinajstić information content (AvgIpc) is 2.78. The molecular formula is C11H16N2O3S. The number of aliphatic hydroxyl groups excluding tert-OH is 1. The van der Waals surface area contributed by atoms with E-state index in [0.717, 1.165) is 0 Å². The molecule has 0 aliphatic heterocycles. The van der Waals surface area contributed by atoms with E-state index >= 15 is 0 Å². The molecule has 6 heteroatoms. The van der Waals surface area contributed by atoms with E-state index in [1.54, 1.807) is 31.4 Å². The molecule has 5 nitrogen and oxygen atoms in total. The van der Waals surface area contributed by atoms with Crippen LogP contribution in [0.4, 0.5) is 0 Å². The first-order valence-corrected chi connectivity index (χ1v) is 6.19. The largest absolute Gasteiger partial charge is 0.392 e. The fourth-order valence-electron chi connectivity index (χ4n) is 1.14. The zero-order chi connectivity index (χ0) is 12.8. The van der Waals surface area contributed by atoms with Gasteiger partial charge in [0.25, 0.3) is 5.91 Å². The summed E-state index contributed by atoms with van der Waals surface area (Å²) in [5.74, 6) is -0.574. The summed E-state index contributed by atoms with van der Waals surface area (Å²) in [5.41, 5.74) is 0. The summed E-state index contributed by atoms with van der Waals surface area (Å²) in [6.07, 6.45) is -0.598. The molecule has 2 amide bonds. The predicted octanol–water partition coefficient (Wildman–Crippen LogP) is 0.363. The van der Waals surface area contributed by atoms with Gasteiger partial charge in [0.2, 0.25) is 5.91 Å². The Morgan fingerprint density at radius 2 is 2.18 bits per heavy atom. The van der Waals surface area contributed by atoms with Crippen molar-refractivity contribution in [3.05, 3.63) is 22.4 Å². The van der Waals surface area contributed by atoms with Crippen LogP contribution in [0.1, 0.15) is 23.5 Å². The van der Waals surface area contributed by atoms with Gasteiger partial charge in [-0.3, -0.25) is 9.59 Å². The lowest BCUT2D eigenvalue weighted by molar-refractivity contribution is -0.123. The summed E-state index contributed by atoms with van der Waals surface area (Å²) >= 11 is 1.32. The zero-order valence-electron chi connectivity index (χ0n) is 9.77. The van der Waals surface area contributed by atoms with Crippen molar-refractivity contribution >= 4 is 23.2 Å². The summed E-state index contributed by atoms with van der Waals surface area (Å²) in [7, 11) is 0. The molecule has 1 unspecified atom stereocenters. The second kappa shape index (κ2) is 6.36. The lowest BCUT2D eigenvalue weighted by atomic mass is 10.3. The van der Waals surface area contributed by atoms with Crippen molar-refractivity contribution in [3.63, 3.8) is 0 Å². The third-order valence-electron chi connectivity index (χ3n) is 2.06. The monoisotopic (exact) mass is 256 g/mol. The summed E-state index contributed by atoms with van der Waals surface area (Å²) in [5, 5.41) is 15.9. The Morgan fingerprint density at radius 3 is 2.71 bits per heavy atom. The third kappa shape index (κ3) is 4.54. The van der Waals surface area contributed by atoms with Crippen LogP contribution >= 0.6 is 11.3 Å². The van der Waals surface area contributed by atoms with Gasteiger partial charge in [0, 0.05) is 6.54 Å². The number of thiophene rings is 1. The smallest absolute Gasteiger partial charge is 0.261 e. The van der Waals surface area contributed by atoms with Crippen LogP contribution in [0.15, 0.2) is 17.5 Å². The molecule has 0 bridgehead atoms. The number of hydrogen-bond acceptors (Lipinski definition) is 4. The van der Waals surface area contributed by atoms with E-state index < -0.39 is 12.1 Å². The van der Waals surface area contributed by atoms with Crippen molar-refractivity contribution < 1.29 is 14.7 Å². The molecule has 0 saturated heterocycles. The summed E-state index contributed by atoms with van der Waals surface area (Å²) < 4.78 is 0. The molecule has 94 valence electrons. The Hall–Kier alpha value is -1.40. The van der Waals surface area contributed by atoms with Crippen LogP contribution in [0.5, 0.6) is 0 Å². The lowest BCUT2D eigenvalue weighted by Crippen LogP contribution is -2.46. The number of rotatable bonds is 5. The SMILES string of the molecule is CC(NC(=O)c1cccs1)C(=O)NC[C@H](C)O. The number of aliphatic hydroxyl groups is 1. The Bertz CT molecular complexity index is 376. The minimum Gasteiger partial charge on any atom is -0.392 e. The van der Waals surface area contributed by atoms with Gasteiger partial charge < -0.3 is 15.7 Å². The Morgan fingerprint density at radius 1 is 1.47 bits per heavy atom. The number of nitrogens with one attached hydrogen (secondary N) is 2. The van der Waals surface area contributed by atoms with E-state index in [0.29, 0.717) is 4.88 Å². The molecule has 1 aromatic rings. The second-order valence-corrected chi connectivity index (χ2v) is 4.71. The van der Waals surface area contributed by atoms with E-state index in [2.05, 4.69) is 10.6 Å². The molecule has 2 atom stereocenters. The fourth-order valence-corrected chi connectivity index (χ4v) is 1.77. The molecular weight excluding hydrogens is 240 g/mol. The molecule has 0 saturated carbocycles. The van der Waals surface area contributed by atoms with E-state index in [-0.39, 0.29) is 18.4 Å². The lowest BCUT2D eigenvalue weighted by Gasteiger charge is -2.14. The minimum atomic E-state index is -0.622. The Labute approximate surface area is 104 Å². The summed E-state index contributed by atoms with van der Waals surface area (Å²) in [6.45, 7) is 3.36. The zero-order valence-corrected chi connectivity index (χ0v) is 10.6. The van der Waals surface area contributed by atoms with E-state index in [1.807, 2.05) is 0 Å². The van der Waals surface area contributed by atoms with Crippen LogP contribution in [-0.2, 0) is 4.79 Å². The van der Waals surface area contributed by atoms with Crippen molar-refractivity contribution in [1.82, 2.24) is 10.6 Å². The molecule has 17 heavy (non-hydrogen) atoms. The van der Waals surface area contributed by atoms with E-state index in [4.69, 9.17) is 5.11 Å². The first-order chi connectivity index (χ1) is 8.00. The maximum Gasteiger partial charge on any atom is 0.261 e. The topological polar surface area (TPSA) is 78.4 Å². The molecule has 0 aliphatic rings. The first-order valence-electron chi connectivity index (χ1n) is 5.31. The van der Waals surface area contributed by atoms with Gasteiger partial charge in [-0.25, -0.2) is 0 Å². The molecule has 1 heterocycles. The first kappa shape index (κ1) is 13.7. The molecule has 0 aliphatic carbocycles. The highest BCUT2D eigenvalue weighted by Gasteiger charge is 2.16. The van der Waals surface area contributed by atoms with Gasteiger partial charge in [-0.2, -0.15) is 0 Å². The van der Waals surface area contributed by atoms with Crippen molar-refractivity contribution in [2.45, 2.75) is 26.0 Å². The third-order valence-corrected chi connectivity index (χ3v) is 2.93. The van der Waals surface area contributed by atoms with Gasteiger partial charge in [0.15, 0.2) is 0 Å². The maximum absolute atomic E-state index is 11.6. The van der Waals surface area contributed by atoms with E-state index in [1.165, 1.54) is 11.3 Å². The van der Waals surface area contributed by atoms with Crippen molar-refractivity contribution in [2.24, 2.45) is 0 Å². The fraction of sp³-hybridized carbons (Fsp3) is 0.455. The predicted molar refractivity (Wildman–Crippen MR) is 65.9 cm³/mol. The molecule has 1 rings (SSSR count). The highest BCUT2D eigenvalue weighted by atomic mass is 32.1. The van der Waals surface area contributed by atoms with Gasteiger partial charge >= 0.3 is 0 Å².